The van der Waals surface area contributed by atoms with Gasteiger partial charge in [-0.2, -0.15) is 0 Å². The van der Waals surface area contributed by atoms with Crippen LogP contribution in [0.25, 0.3) is 6.08 Å². The van der Waals surface area contributed by atoms with Crippen molar-refractivity contribution >= 4 is 23.6 Å². The fourth-order valence-electron chi connectivity index (χ4n) is 2.70. The van der Waals surface area contributed by atoms with Gasteiger partial charge in [-0.15, -0.1) is 0 Å². The minimum absolute atomic E-state index is 0.224. The average Bonchev–Trinajstić information content (AvgIpc) is 3.30. The van der Waals surface area contributed by atoms with Gasteiger partial charge in [0.1, 0.15) is 5.76 Å². The van der Waals surface area contributed by atoms with E-state index in [9.17, 15) is 9.59 Å². The van der Waals surface area contributed by atoms with E-state index in [1.54, 1.807) is 75.1 Å². The molecule has 2 amide bonds. The average molecular weight is 406 g/mol. The zero-order chi connectivity index (χ0) is 21.3. The van der Waals surface area contributed by atoms with E-state index in [2.05, 4.69) is 10.6 Å². The topological polar surface area (TPSA) is 89.8 Å². The molecule has 0 bridgehead atoms. The zero-order valence-corrected chi connectivity index (χ0v) is 16.7. The summed E-state index contributed by atoms with van der Waals surface area (Å²) in [5.41, 5.74) is 1.87. The number of carbonyl (C=O) groups excluding carboxylic acids is 2. The second kappa shape index (κ2) is 9.97. The molecule has 0 radical (unpaired) electrons. The molecule has 0 saturated heterocycles. The summed E-state index contributed by atoms with van der Waals surface area (Å²) in [6.07, 6.45) is 4.65. The smallest absolute Gasteiger partial charge is 0.251 e. The molecule has 0 unspecified atom stereocenters. The minimum Gasteiger partial charge on any atom is -0.493 e. The number of hydrogen-bond acceptors (Lipinski definition) is 5. The highest BCUT2D eigenvalue weighted by atomic mass is 16.5. The Bertz CT molecular complexity index is 1020. The quantitative estimate of drug-likeness (QED) is 0.554. The monoisotopic (exact) mass is 406 g/mol. The number of nitrogens with one attached hydrogen (secondary N) is 2. The molecule has 0 atom stereocenters. The van der Waals surface area contributed by atoms with Gasteiger partial charge in [0.15, 0.2) is 11.5 Å². The highest BCUT2D eigenvalue weighted by Gasteiger charge is 2.07. The second-order valence-electron chi connectivity index (χ2n) is 6.28. The van der Waals surface area contributed by atoms with Crippen LogP contribution in [0.3, 0.4) is 0 Å². The van der Waals surface area contributed by atoms with Crippen LogP contribution in [0.2, 0.25) is 0 Å². The van der Waals surface area contributed by atoms with E-state index in [0.29, 0.717) is 35.1 Å². The van der Waals surface area contributed by atoms with Crippen LogP contribution in [0, 0.1) is 0 Å². The van der Waals surface area contributed by atoms with E-state index in [-0.39, 0.29) is 11.8 Å². The van der Waals surface area contributed by atoms with E-state index in [1.165, 1.54) is 6.08 Å². The van der Waals surface area contributed by atoms with Crippen LogP contribution in [-0.4, -0.2) is 26.0 Å². The lowest BCUT2D eigenvalue weighted by Gasteiger charge is -2.07. The third-order valence-corrected chi connectivity index (χ3v) is 4.25. The standard InChI is InChI=1S/C23H22N2O5/c1-28-20-11-5-16(14-21(20)29-2)6-12-22(26)25-18-9-7-17(8-10-18)23(27)24-15-19-4-3-13-30-19/h3-14H,15H2,1-2H3,(H,24,27)(H,25,26)/b12-6+. The molecular formula is C23H22N2O5. The third kappa shape index (κ3) is 5.51. The molecule has 0 aliphatic heterocycles. The minimum atomic E-state index is -0.292. The lowest BCUT2D eigenvalue weighted by atomic mass is 10.1. The van der Waals surface area contributed by atoms with Crippen molar-refractivity contribution in [2.45, 2.75) is 6.54 Å². The number of hydrogen-bond donors (Lipinski definition) is 2. The van der Waals surface area contributed by atoms with Gasteiger partial charge in [0.2, 0.25) is 5.91 Å². The number of amides is 2. The van der Waals surface area contributed by atoms with E-state index >= 15 is 0 Å². The van der Waals surface area contributed by atoms with Crippen LogP contribution in [-0.2, 0) is 11.3 Å². The van der Waals surface area contributed by atoms with E-state index in [4.69, 9.17) is 13.9 Å². The van der Waals surface area contributed by atoms with Gasteiger partial charge in [-0.05, 0) is 60.2 Å². The van der Waals surface area contributed by atoms with Gasteiger partial charge in [-0.3, -0.25) is 9.59 Å². The molecule has 0 saturated carbocycles. The second-order valence-corrected chi connectivity index (χ2v) is 6.28. The molecule has 3 rings (SSSR count). The molecule has 0 aliphatic rings. The Morgan fingerprint density at radius 1 is 1.00 bits per heavy atom. The fraction of sp³-hybridized carbons (Fsp3) is 0.130. The SMILES string of the molecule is COc1ccc(/C=C/C(=O)Nc2ccc(C(=O)NCc3ccco3)cc2)cc1OC. The molecule has 2 N–H and O–H groups in total. The molecule has 3 aromatic rings. The van der Waals surface area contributed by atoms with Gasteiger partial charge in [-0.1, -0.05) is 6.07 Å². The first kappa shape index (κ1) is 20.7. The first-order valence-corrected chi connectivity index (χ1v) is 9.21. The molecule has 0 aliphatic carbocycles. The first-order chi connectivity index (χ1) is 14.6. The fourth-order valence-corrected chi connectivity index (χ4v) is 2.70. The van der Waals surface area contributed by atoms with Crippen molar-refractivity contribution in [3.63, 3.8) is 0 Å². The Hall–Kier alpha value is -4.00. The summed E-state index contributed by atoms with van der Waals surface area (Å²) < 4.78 is 15.6. The molecule has 1 heterocycles. The predicted molar refractivity (Wildman–Crippen MR) is 114 cm³/mol. The van der Waals surface area contributed by atoms with Gasteiger partial charge in [0.05, 0.1) is 27.0 Å². The molecule has 30 heavy (non-hydrogen) atoms. The number of benzene rings is 2. The Morgan fingerprint density at radius 2 is 1.77 bits per heavy atom. The summed E-state index contributed by atoms with van der Waals surface area (Å²) in [4.78, 5) is 24.3. The van der Waals surface area contributed by atoms with Crippen LogP contribution in [0.15, 0.2) is 71.4 Å². The molecular weight excluding hydrogens is 384 g/mol. The van der Waals surface area contributed by atoms with Gasteiger partial charge >= 0.3 is 0 Å². The molecule has 7 heteroatoms. The van der Waals surface area contributed by atoms with Crippen LogP contribution in [0.5, 0.6) is 11.5 Å². The summed E-state index contributed by atoms with van der Waals surface area (Å²) in [6.45, 7) is 0.311. The van der Waals surface area contributed by atoms with E-state index in [1.807, 2.05) is 6.07 Å². The lowest BCUT2D eigenvalue weighted by Crippen LogP contribution is -2.22. The summed E-state index contributed by atoms with van der Waals surface area (Å²) in [7, 11) is 3.12. The Labute approximate surface area is 174 Å². The normalized spacial score (nSPS) is 10.6. The first-order valence-electron chi connectivity index (χ1n) is 9.21. The van der Waals surface area contributed by atoms with Crippen molar-refractivity contribution in [1.82, 2.24) is 5.32 Å². The molecule has 7 nitrogen and oxygen atoms in total. The number of anilines is 1. The number of rotatable bonds is 8. The van der Waals surface area contributed by atoms with Crippen molar-refractivity contribution in [3.8, 4) is 11.5 Å². The third-order valence-electron chi connectivity index (χ3n) is 4.25. The maximum Gasteiger partial charge on any atom is 0.251 e. The number of furan rings is 1. The number of ether oxygens (including phenoxy) is 2. The van der Waals surface area contributed by atoms with Gasteiger partial charge < -0.3 is 24.5 Å². The van der Waals surface area contributed by atoms with Crippen LogP contribution < -0.4 is 20.1 Å². The Morgan fingerprint density at radius 3 is 2.43 bits per heavy atom. The van der Waals surface area contributed by atoms with Crippen molar-refractivity contribution in [2.24, 2.45) is 0 Å². The van der Waals surface area contributed by atoms with Crippen molar-refractivity contribution in [1.29, 1.82) is 0 Å². The highest BCUT2D eigenvalue weighted by Crippen LogP contribution is 2.28. The summed E-state index contributed by atoms with van der Waals surface area (Å²) in [6, 6.07) is 15.5. The summed E-state index contributed by atoms with van der Waals surface area (Å²) in [5, 5.41) is 5.52. The van der Waals surface area contributed by atoms with Crippen molar-refractivity contribution in [2.75, 3.05) is 19.5 Å². The van der Waals surface area contributed by atoms with Gasteiger partial charge in [0, 0.05) is 17.3 Å². The lowest BCUT2D eigenvalue weighted by molar-refractivity contribution is -0.111. The largest absolute Gasteiger partial charge is 0.493 e. The van der Waals surface area contributed by atoms with Crippen molar-refractivity contribution in [3.05, 3.63) is 83.8 Å². The number of carbonyl (C=O) groups is 2. The zero-order valence-electron chi connectivity index (χ0n) is 16.7. The van der Waals surface area contributed by atoms with Crippen LogP contribution >= 0.6 is 0 Å². The van der Waals surface area contributed by atoms with E-state index < -0.39 is 0 Å². The van der Waals surface area contributed by atoms with Crippen LogP contribution in [0.1, 0.15) is 21.7 Å². The maximum atomic E-state index is 12.2. The Balaban J connectivity index is 1.55. The molecule has 0 fully saturated rings. The summed E-state index contributed by atoms with van der Waals surface area (Å²) in [5.74, 6) is 1.36. The Kier molecular flexibility index (Phi) is 6.89. The molecule has 0 spiro atoms. The number of methoxy groups -OCH3 is 2. The van der Waals surface area contributed by atoms with Crippen molar-refractivity contribution < 1.29 is 23.5 Å². The van der Waals surface area contributed by atoms with Crippen LogP contribution in [0.4, 0.5) is 5.69 Å². The van der Waals surface area contributed by atoms with Gasteiger partial charge in [0.25, 0.3) is 5.91 Å². The highest BCUT2D eigenvalue weighted by molar-refractivity contribution is 6.02. The maximum absolute atomic E-state index is 12.2. The van der Waals surface area contributed by atoms with Gasteiger partial charge in [-0.25, -0.2) is 0 Å². The molecule has 2 aromatic carbocycles. The summed E-state index contributed by atoms with van der Waals surface area (Å²) >= 11 is 0. The molecule has 1 aromatic heterocycles. The van der Waals surface area contributed by atoms with E-state index in [0.717, 1.165) is 5.56 Å². The molecule has 154 valence electrons. The predicted octanol–water partition coefficient (Wildman–Crippen LogP) is 3.88.